The van der Waals surface area contributed by atoms with Crippen molar-refractivity contribution in [1.82, 2.24) is 30.4 Å². The van der Waals surface area contributed by atoms with Crippen molar-refractivity contribution in [3.05, 3.63) is 65.5 Å². The molecule has 0 bridgehead atoms. The fraction of sp³-hybridized carbons (Fsp3) is 0.333. The molecule has 1 fully saturated rings. The maximum Gasteiger partial charge on any atom is 0.230 e. The van der Waals surface area contributed by atoms with E-state index in [1.165, 1.54) is 34.1 Å². The van der Waals surface area contributed by atoms with Gasteiger partial charge in [-0.15, -0.1) is 5.10 Å². The number of nitrogens with zero attached hydrogens (tertiary/aromatic N) is 5. The van der Waals surface area contributed by atoms with Gasteiger partial charge in [0.2, 0.25) is 11.1 Å². The first-order valence-electron chi connectivity index (χ1n) is 9.99. The van der Waals surface area contributed by atoms with E-state index >= 15 is 0 Å². The first kappa shape index (κ1) is 21.4. The highest BCUT2D eigenvalue weighted by atomic mass is 32.2. The summed E-state index contributed by atoms with van der Waals surface area (Å²) in [4.78, 5) is 14.6. The molecule has 31 heavy (non-hydrogen) atoms. The fourth-order valence-electron chi connectivity index (χ4n) is 3.20. The van der Waals surface area contributed by atoms with E-state index in [2.05, 4.69) is 37.9 Å². The highest BCUT2D eigenvalue weighted by molar-refractivity contribution is 7.99. The first-order valence-corrected chi connectivity index (χ1v) is 11.0. The molecule has 2 aromatic carbocycles. The number of hydrogen-bond acceptors (Lipinski definition) is 7. The predicted octanol–water partition coefficient (Wildman–Crippen LogP) is 2.04. The lowest BCUT2D eigenvalue weighted by Crippen LogP contribution is -2.35. The molecule has 1 N–H and O–H groups in total. The molecular weight excluding hydrogens is 419 g/mol. The topological polar surface area (TPSA) is 85.2 Å². The van der Waals surface area contributed by atoms with Gasteiger partial charge in [-0.1, -0.05) is 42.1 Å². The summed E-state index contributed by atoms with van der Waals surface area (Å²) in [7, 11) is 0. The number of benzene rings is 2. The molecule has 0 spiro atoms. The van der Waals surface area contributed by atoms with Crippen LogP contribution in [0.25, 0.3) is 5.69 Å². The summed E-state index contributed by atoms with van der Waals surface area (Å²) < 4.78 is 20.2. The third-order valence-corrected chi connectivity index (χ3v) is 5.77. The van der Waals surface area contributed by atoms with E-state index < -0.39 is 0 Å². The minimum Gasteiger partial charge on any atom is -0.379 e. The van der Waals surface area contributed by atoms with E-state index in [-0.39, 0.29) is 17.5 Å². The predicted molar refractivity (Wildman–Crippen MR) is 114 cm³/mol. The van der Waals surface area contributed by atoms with Crippen LogP contribution in [0.1, 0.15) is 11.1 Å². The minimum absolute atomic E-state index is 0.129. The van der Waals surface area contributed by atoms with Crippen LogP contribution >= 0.6 is 11.8 Å². The number of rotatable bonds is 8. The van der Waals surface area contributed by atoms with Crippen molar-refractivity contribution in [1.29, 1.82) is 0 Å². The number of ether oxygens (including phenoxy) is 1. The Morgan fingerprint density at radius 1 is 1.13 bits per heavy atom. The number of carbonyl (C=O) groups excluding carboxylic acids is 1. The van der Waals surface area contributed by atoms with Gasteiger partial charge in [0.25, 0.3) is 0 Å². The number of carbonyl (C=O) groups is 1. The van der Waals surface area contributed by atoms with Crippen LogP contribution in [0.4, 0.5) is 4.39 Å². The second kappa shape index (κ2) is 10.5. The number of tetrazole rings is 1. The van der Waals surface area contributed by atoms with Crippen molar-refractivity contribution < 1.29 is 13.9 Å². The quantitative estimate of drug-likeness (QED) is 0.535. The zero-order chi connectivity index (χ0) is 21.5. The van der Waals surface area contributed by atoms with Crippen LogP contribution in [0.2, 0.25) is 0 Å². The molecule has 3 aromatic rings. The monoisotopic (exact) mass is 442 g/mol. The summed E-state index contributed by atoms with van der Waals surface area (Å²) in [5.41, 5.74) is 2.79. The summed E-state index contributed by atoms with van der Waals surface area (Å²) >= 11 is 1.20. The molecule has 1 aromatic heterocycles. The van der Waals surface area contributed by atoms with Crippen molar-refractivity contribution in [2.45, 2.75) is 18.2 Å². The van der Waals surface area contributed by atoms with Crippen molar-refractivity contribution >= 4 is 17.7 Å². The van der Waals surface area contributed by atoms with Crippen LogP contribution in [0.15, 0.2) is 53.7 Å². The normalized spacial score (nSPS) is 14.5. The second-order valence-electron chi connectivity index (χ2n) is 7.12. The highest BCUT2D eigenvalue weighted by Crippen LogP contribution is 2.18. The molecule has 0 atom stereocenters. The Bertz CT molecular complexity index is 1010. The van der Waals surface area contributed by atoms with E-state index in [1.54, 1.807) is 12.1 Å². The van der Waals surface area contributed by atoms with Gasteiger partial charge in [-0.05, 0) is 39.8 Å². The van der Waals surface area contributed by atoms with Crippen molar-refractivity contribution in [3.63, 3.8) is 0 Å². The zero-order valence-electron chi connectivity index (χ0n) is 16.9. The van der Waals surface area contributed by atoms with Gasteiger partial charge in [-0.2, -0.15) is 4.68 Å². The lowest BCUT2D eigenvalue weighted by Gasteiger charge is -2.26. The number of amides is 1. The Balaban J connectivity index is 1.24. The number of hydrogen-bond donors (Lipinski definition) is 1. The Labute approximate surface area is 183 Å². The van der Waals surface area contributed by atoms with E-state index in [0.717, 1.165) is 38.4 Å². The SMILES string of the molecule is O=C(CSc1nnnn1-c1cccc(F)c1)NCc1ccc(CN2CCOCC2)cc1. The summed E-state index contributed by atoms with van der Waals surface area (Å²) in [6.45, 7) is 4.85. The van der Waals surface area contributed by atoms with Crippen LogP contribution in [0, 0.1) is 5.82 Å². The van der Waals surface area contributed by atoms with Gasteiger partial charge in [0, 0.05) is 26.2 Å². The fourth-order valence-corrected chi connectivity index (χ4v) is 3.92. The van der Waals surface area contributed by atoms with Crippen LogP contribution in [-0.4, -0.2) is 63.1 Å². The van der Waals surface area contributed by atoms with Crippen LogP contribution < -0.4 is 5.32 Å². The Morgan fingerprint density at radius 3 is 2.68 bits per heavy atom. The maximum atomic E-state index is 13.4. The van der Waals surface area contributed by atoms with Gasteiger partial charge in [-0.3, -0.25) is 9.69 Å². The highest BCUT2D eigenvalue weighted by Gasteiger charge is 2.13. The van der Waals surface area contributed by atoms with Crippen LogP contribution in [-0.2, 0) is 22.6 Å². The third kappa shape index (κ3) is 6.09. The zero-order valence-corrected chi connectivity index (χ0v) is 17.7. The van der Waals surface area contributed by atoms with E-state index in [1.807, 2.05) is 12.1 Å². The average Bonchev–Trinajstić information content (AvgIpc) is 3.27. The van der Waals surface area contributed by atoms with Gasteiger partial charge in [0.05, 0.1) is 24.7 Å². The molecule has 1 saturated heterocycles. The minimum atomic E-state index is -0.377. The number of morpholine rings is 1. The second-order valence-corrected chi connectivity index (χ2v) is 8.07. The molecular formula is C21H23FN6O2S. The van der Waals surface area contributed by atoms with Crippen LogP contribution in [0.5, 0.6) is 0 Å². The smallest absolute Gasteiger partial charge is 0.230 e. The molecule has 8 nitrogen and oxygen atoms in total. The molecule has 4 rings (SSSR count). The van der Waals surface area contributed by atoms with Gasteiger partial charge in [0.15, 0.2) is 0 Å². The Morgan fingerprint density at radius 2 is 1.90 bits per heavy atom. The molecule has 0 saturated carbocycles. The number of aromatic nitrogens is 4. The van der Waals surface area contributed by atoms with E-state index in [4.69, 9.17) is 4.74 Å². The van der Waals surface area contributed by atoms with Gasteiger partial charge in [-0.25, -0.2) is 4.39 Å². The summed E-state index contributed by atoms with van der Waals surface area (Å²) in [6, 6.07) is 14.2. The largest absolute Gasteiger partial charge is 0.379 e. The molecule has 1 amide bonds. The van der Waals surface area contributed by atoms with Gasteiger partial charge >= 0.3 is 0 Å². The molecule has 162 valence electrons. The molecule has 1 aliphatic rings. The third-order valence-electron chi connectivity index (χ3n) is 4.85. The molecule has 0 aliphatic carbocycles. The summed E-state index contributed by atoms with van der Waals surface area (Å²) in [5.74, 6) is -0.348. The summed E-state index contributed by atoms with van der Waals surface area (Å²) in [6.07, 6.45) is 0. The van der Waals surface area contributed by atoms with Gasteiger partial charge in [0.1, 0.15) is 5.82 Å². The number of nitrogens with one attached hydrogen (secondary N) is 1. The number of halogens is 1. The number of thioether (sulfide) groups is 1. The Kier molecular flexibility index (Phi) is 7.23. The summed E-state index contributed by atoms with van der Waals surface area (Å²) in [5, 5.41) is 14.8. The van der Waals surface area contributed by atoms with Crippen molar-refractivity contribution in [3.8, 4) is 5.69 Å². The molecule has 10 heteroatoms. The van der Waals surface area contributed by atoms with Crippen LogP contribution in [0.3, 0.4) is 0 Å². The van der Waals surface area contributed by atoms with E-state index in [0.29, 0.717) is 17.4 Å². The van der Waals surface area contributed by atoms with Crippen molar-refractivity contribution in [2.75, 3.05) is 32.1 Å². The molecule has 2 heterocycles. The maximum absolute atomic E-state index is 13.4. The van der Waals surface area contributed by atoms with E-state index in [9.17, 15) is 9.18 Å². The standard InChI is InChI=1S/C21H23FN6O2S/c22-18-2-1-3-19(12-18)28-21(24-25-26-28)31-15-20(29)23-13-16-4-6-17(7-5-16)14-27-8-10-30-11-9-27/h1-7,12H,8-11,13-15H2,(H,23,29). The van der Waals surface area contributed by atoms with Gasteiger partial charge < -0.3 is 10.1 Å². The molecule has 0 unspecified atom stereocenters. The average molecular weight is 443 g/mol. The lowest BCUT2D eigenvalue weighted by atomic mass is 10.1. The first-order chi connectivity index (χ1) is 15.2. The lowest BCUT2D eigenvalue weighted by molar-refractivity contribution is -0.118. The molecule has 1 aliphatic heterocycles. The van der Waals surface area contributed by atoms with Crippen molar-refractivity contribution in [2.24, 2.45) is 0 Å². The molecule has 0 radical (unpaired) electrons. The Hall–Kier alpha value is -2.82.